The molecule has 0 saturated carbocycles. The van der Waals surface area contributed by atoms with E-state index in [-0.39, 0.29) is 12.0 Å². The van der Waals surface area contributed by atoms with Crippen molar-refractivity contribution in [3.63, 3.8) is 0 Å². The van der Waals surface area contributed by atoms with Crippen LogP contribution in [0.15, 0.2) is 59.5 Å². The van der Waals surface area contributed by atoms with Crippen molar-refractivity contribution in [1.29, 1.82) is 0 Å². The van der Waals surface area contributed by atoms with Gasteiger partial charge in [-0.1, -0.05) is 24.3 Å². The third-order valence-electron chi connectivity index (χ3n) is 4.92. The number of aliphatic hydroxyl groups is 1. The van der Waals surface area contributed by atoms with Gasteiger partial charge in [-0.15, -0.1) is 0 Å². The van der Waals surface area contributed by atoms with Crippen LogP contribution >= 0.6 is 0 Å². The fraction of sp³-hybridized carbons (Fsp3) is 0.318. The van der Waals surface area contributed by atoms with Gasteiger partial charge in [0.1, 0.15) is 0 Å². The number of pyridine rings is 1. The molecule has 0 saturated heterocycles. The third kappa shape index (κ3) is 3.65. The van der Waals surface area contributed by atoms with E-state index in [1.807, 2.05) is 16.7 Å². The van der Waals surface area contributed by atoms with Gasteiger partial charge in [-0.3, -0.25) is 4.79 Å². The van der Waals surface area contributed by atoms with Gasteiger partial charge in [-0.2, -0.15) is 0 Å². The number of aliphatic hydroxyl groups excluding tert-OH is 1. The van der Waals surface area contributed by atoms with Crippen molar-refractivity contribution in [2.45, 2.75) is 32.9 Å². The molecule has 0 aliphatic heterocycles. The zero-order valence-electron chi connectivity index (χ0n) is 15.6. The van der Waals surface area contributed by atoms with Gasteiger partial charge in [0, 0.05) is 43.0 Å². The maximum Gasteiger partial charge on any atom is 0.189 e. The Morgan fingerprint density at radius 2 is 1.88 bits per heavy atom. The number of anilines is 1. The average Bonchev–Trinajstić information content (AvgIpc) is 2.64. The number of nitrogens with zero attached hydrogens (tertiary/aromatic N) is 2. The Balaban J connectivity index is 2.01. The summed E-state index contributed by atoms with van der Waals surface area (Å²) in [6.45, 7) is 4.89. The lowest BCUT2D eigenvalue weighted by Gasteiger charge is -2.26. The molecule has 136 valence electrons. The van der Waals surface area contributed by atoms with Crippen LogP contribution in [0.3, 0.4) is 0 Å². The minimum atomic E-state index is 0.0172. The van der Waals surface area contributed by atoms with Crippen LogP contribution in [0.4, 0.5) is 5.69 Å². The van der Waals surface area contributed by atoms with Gasteiger partial charge < -0.3 is 14.6 Å². The standard InChI is InChI=1S/C22H26N2O2/c1-16(2)23(3)20-7-5-4-6-18(20)14-17-8-9-21-19(15-17)22(26)10-11-24(21)12-13-25/h4-11,15-16,25H,12-14H2,1-3H3. The first-order chi connectivity index (χ1) is 12.5. The van der Waals surface area contributed by atoms with Crippen molar-refractivity contribution >= 4 is 16.6 Å². The summed E-state index contributed by atoms with van der Waals surface area (Å²) in [5.74, 6) is 0. The molecule has 3 rings (SSSR count). The van der Waals surface area contributed by atoms with Crippen LogP contribution in [0.1, 0.15) is 25.0 Å². The summed E-state index contributed by atoms with van der Waals surface area (Å²) < 4.78 is 1.92. The summed E-state index contributed by atoms with van der Waals surface area (Å²) in [5, 5.41) is 9.92. The Labute approximate surface area is 154 Å². The molecule has 1 N–H and O–H groups in total. The molecule has 0 radical (unpaired) electrons. The Morgan fingerprint density at radius 1 is 1.12 bits per heavy atom. The lowest BCUT2D eigenvalue weighted by atomic mass is 10.0. The van der Waals surface area contributed by atoms with E-state index in [1.54, 1.807) is 12.3 Å². The summed E-state index contributed by atoms with van der Waals surface area (Å²) in [7, 11) is 2.11. The monoisotopic (exact) mass is 350 g/mol. The fourth-order valence-corrected chi connectivity index (χ4v) is 3.27. The molecule has 1 aromatic heterocycles. The predicted molar refractivity (Wildman–Crippen MR) is 108 cm³/mol. The Bertz CT molecular complexity index is 960. The molecular weight excluding hydrogens is 324 g/mol. The highest BCUT2D eigenvalue weighted by atomic mass is 16.3. The SMILES string of the molecule is CC(C)N(C)c1ccccc1Cc1ccc2c(c1)c(=O)ccn2CCO. The van der Waals surface area contributed by atoms with E-state index in [1.165, 1.54) is 11.3 Å². The highest BCUT2D eigenvalue weighted by Gasteiger charge is 2.11. The molecule has 1 heterocycles. The molecule has 26 heavy (non-hydrogen) atoms. The summed E-state index contributed by atoms with van der Waals surface area (Å²) in [5.41, 5.74) is 4.45. The van der Waals surface area contributed by atoms with Crippen molar-refractivity contribution < 1.29 is 5.11 Å². The topological polar surface area (TPSA) is 45.5 Å². The number of hydrogen-bond acceptors (Lipinski definition) is 3. The van der Waals surface area contributed by atoms with Gasteiger partial charge >= 0.3 is 0 Å². The first-order valence-corrected chi connectivity index (χ1v) is 9.05. The normalized spacial score (nSPS) is 11.3. The largest absolute Gasteiger partial charge is 0.395 e. The molecule has 0 amide bonds. The van der Waals surface area contributed by atoms with Gasteiger partial charge in [0.25, 0.3) is 0 Å². The smallest absolute Gasteiger partial charge is 0.189 e. The van der Waals surface area contributed by atoms with Gasteiger partial charge in [-0.25, -0.2) is 0 Å². The van der Waals surface area contributed by atoms with Gasteiger partial charge in [0.05, 0.1) is 12.1 Å². The number of hydrogen-bond donors (Lipinski definition) is 1. The second-order valence-electron chi connectivity index (χ2n) is 6.96. The van der Waals surface area contributed by atoms with Crippen molar-refractivity contribution in [3.8, 4) is 0 Å². The first kappa shape index (κ1) is 18.2. The second-order valence-corrected chi connectivity index (χ2v) is 6.96. The van der Waals surface area contributed by atoms with Crippen molar-refractivity contribution in [2.24, 2.45) is 0 Å². The van der Waals surface area contributed by atoms with E-state index >= 15 is 0 Å². The van der Waals surface area contributed by atoms with Crippen LogP contribution in [0.2, 0.25) is 0 Å². The number of aromatic nitrogens is 1. The van der Waals surface area contributed by atoms with Gasteiger partial charge in [-0.05, 0) is 49.6 Å². The summed E-state index contributed by atoms with van der Waals surface area (Å²) in [6, 6.07) is 16.4. The Kier molecular flexibility index (Phi) is 5.43. The summed E-state index contributed by atoms with van der Waals surface area (Å²) >= 11 is 0. The summed E-state index contributed by atoms with van der Waals surface area (Å²) in [6.07, 6.45) is 2.52. The Hall–Kier alpha value is -2.59. The molecule has 2 aromatic carbocycles. The quantitative estimate of drug-likeness (QED) is 0.741. The minimum Gasteiger partial charge on any atom is -0.395 e. The number of rotatable bonds is 6. The van der Waals surface area contributed by atoms with Gasteiger partial charge in [0.2, 0.25) is 0 Å². The molecule has 3 aromatic rings. The van der Waals surface area contributed by atoms with Crippen LogP contribution in [0.5, 0.6) is 0 Å². The molecule has 0 atom stereocenters. The number of benzene rings is 2. The molecule has 4 nitrogen and oxygen atoms in total. The predicted octanol–water partition coefficient (Wildman–Crippen LogP) is 3.43. The van der Waals surface area contributed by atoms with Crippen LogP contribution in [0, 0.1) is 0 Å². The maximum absolute atomic E-state index is 12.3. The highest BCUT2D eigenvalue weighted by molar-refractivity contribution is 5.79. The maximum atomic E-state index is 12.3. The zero-order valence-corrected chi connectivity index (χ0v) is 15.6. The second kappa shape index (κ2) is 7.75. The zero-order chi connectivity index (χ0) is 18.7. The van der Waals surface area contributed by atoms with Crippen LogP contribution < -0.4 is 10.3 Å². The molecule has 0 spiro atoms. The Morgan fingerprint density at radius 3 is 2.62 bits per heavy atom. The lowest BCUT2D eigenvalue weighted by molar-refractivity contribution is 0.278. The van der Waals surface area contributed by atoms with Crippen LogP contribution in [0.25, 0.3) is 10.9 Å². The molecule has 0 fully saturated rings. The van der Waals surface area contributed by atoms with E-state index in [2.05, 4.69) is 56.1 Å². The van der Waals surface area contributed by atoms with E-state index in [9.17, 15) is 9.90 Å². The summed E-state index contributed by atoms with van der Waals surface area (Å²) in [4.78, 5) is 14.6. The van der Waals surface area contributed by atoms with Crippen molar-refractivity contribution in [1.82, 2.24) is 4.57 Å². The third-order valence-corrected chi connectivity index (χ3v) is 4.92. The molecule has 0 bridgehead atoms. The molecule has 0 aliphatic carbocycles. The average molecular weight is 350 g/mol. The van der Waals surface area contributed by atoms with E-state index in [0.717, 1.165) is 17.5 Å². The van der Waals surface area contributed by atoms with Crippen LogP contribution in [-0.2, 0) is 13.0 Å². The number of fused-ring (bicyclic) bond motifs is 1. The minimum absolute atomic E-state index is 0.0172. The highest BCUT2D eigenvalue weighted by Crippen LogP contribution is 2.25. The molecule has 0 aliphatic rings. The molecule has 0 unspecified atom stereocenters. The van der Waals surface area contributed by atoms with Crippen molar-refractivity contribution in [2.75, 3.05) is 18.6 Å². The first-order valence-electron chi connectivity index (χ1n) is 9.05. The van der Waals surface area contributed by atoms with E-state index < -0.39 is 0 Å². The van der Waals surface area contributed by atoms with E-state index in [0.29, 0.717) is 18.0 Å². The lowest BCUT2D eigenvalue weighted by Crippen LogP contribution is -2.26. The molecule has 4 heteroatoms. The van der Waals surface area contributed by atoms with Gasteiger partial charge in [0.15, 0.2) is 5.43 Å². The van der Waals surface area contributed by atoms with Crippen molar-refractivity contribution in [3.05, 3.63) is 76.1 Å². The van der Waals surface area contributed by atoms with Crippen LogP contribution in [-0.4, -0.2) is 29.4 Å². The van der Waals surface area contributed by atoms with E-state index in [4.69, 9.17) is 0 Å². The molecular formula is C22H26N2O2. The fourth-order valence-electron chi connectivity index (χ4n) is 3.27. The number of para-hydroxylation sites is 1.